The Bertz CT molecular complexity index is 754. The fraction of sp³-hybridized carbons (Fsp3) is 0.0667. The summed E-state index contributed by atoms with van der Waals surface area (Å²) >= 11 is 8.70. The van der Waals surface area contributed by atoms with E-state index in [1.54, 1.807) is 19.1 Å². The van der Waals surface area contributed by atoms with Crippen molar-refractivity contribution in [3.8, 4) is 11.1 Å². The number of thiol groups is 2. The number of hydrogen-bond acceptors (Lipinski definition) is 4. The van der Waals surface area contributed by atoms with Gasteiger partial charge in [-0.15, -0.1) is 25.3 Å². The molecule has 2 aromatic carbocycles. The van der Waals surface area contributed by atoms with E-state index in [9.17, 15) is 9.59 Å². The monoisotopic (exact) mass is 320 g/mol. The van der Waals surface area contributed by atoms with E-state index in [-0.39, 0.29) is 11.1 Å². The predicted molar refractivity (Wildman–Crippen MR) is 85.0 cm³/mol. The van der Waals surface area contributed by atoms with Crippen LogP contribution in [0.5, 0.6) is 0 Å². The van der Waals surface area contributed by atoms with Crippen molar-refractivity contribution in [2.45, 2.75) is 16.7 Å². The second-order valence-electron chi connectivity index (χ2n) is 4.48. The molecule has 0 atom stereocenters. The van der Waals surface area contributed by atoms with Crippen molar-refractivity contribution in [2.24, 2.45) is 0 Å². The van der Waals surface area contributed by atoms with Gasteiger partial charge in [0.05, 0.1) is 11.1 Å². The van der Waals surface area contributed by atoms with Crippen molar-refractivity contribution in [2.75, 3.05) is 0 Å². The molecule has 0 bridgehead atoms. The van der Waals surface area contributed by atoms with Gasteiger partial charge in [0.1, 0.15) is 0 Å². The van der Waals surface area contributed by atoms with Gasteiger partial charge in [-0.2, -0.15) is 0 Å². The summed E-state index contributed by atoms with van der Waals surface area (Å²) in [6.07, 6.45) is 0. The lowest BCUT2D eigenvalue weighted by molar-refractivity contribution is 0.0685. The number of hydrogen-bond donors (Lipinski definition) is 4. The van der Waals surface area contributed by atoms with Gasteiger partial charge in [-0.25, -0.2) is 9.59 Å². The maximum Gasteiger partial charge on any atom is 0.335 e. The molecule has 108 valence electrons. The third-order valence-corrected chi connectivity index (χ3v) is 4.14. The van der Waals surface area contributed by atoms with Crippen LogP contribution in [-0.2, 0) is 0 Å². The van der Waals surface area contributed by atoms with Crippen LogP contribution in [0.4, 0.5) is 0 Å². The van der Waals surface area contributed by atoms with E-state index in [4.69, 9.17) is 10.2 Å². The Morgan fingerprint density at radius 3 is 2.10 bits per heavy atom. The summed E-state index contributed by atoms with van der Waals surface area (Å²) < 4.78 is 0. The number of carboxylic acids is 2. The topological polar surface area (TPSA) is 74.6 Å². The first-order valence-corrected chi connectivity index (χ1v) is 6.85. The summed E-state index contributed by atoms with van der Waals surface area (Å²) in [5, 5.41) is 18.0. The summed E-state index contributed by atoms with van der Waals surface area (Å²) in [5.74, 6) is -2.04. The lowest BCUT2D eigenvalue weighted by atomic mass is 9.98. The first kappa shape index (κ1) is 15.5. The Kier molecular flexibility index (Phi) is 4.29. The van der Waals surface area contributed by atoms with Gasteiger partial charge in [-0.05, 0) is 41.8 Å². The quantitative estimate of drug-likeness (QED) is 0.652. The van der Waals surface area contributed by atoms with Crippen LogP contribution in [0, 0.1) is 6.92 Å². The molecule has 0 radical (unpaired) electrons. The average Bonchev–Trinajstić information content (AvgIpc) is 2.41. The zero-order valence-electron chi connectivity index (χ0n) is 11.0. The summed E-state index contributed by atoms with van der Waals surface area (Å²) in [7, 11) is 0. The van der Waals surface area contributed by atoms with Gasteiger partial charge in [0.25, 0.3) is 0 Å². The van der Waals surface area contributed by atoms with Crippen LogP contribution >= 0.6 is 25.3 Å². The fourth-order valence-corrected chi connectivity index (χ4v) is 2.69. The molecule has 2 N–H and O–H groups in total. The van der Waals surface area contributed by atoms with E-state index in [1.807, 2.05) is 0 Å². The van der Waals surface area contributed by atoms with Crippen molar-refractivity contribution in [3.05, 3.63) is 47.0 Å². The van der Waals surface area contributed by atoms with Crippen LogP contribution in [0.1, 0.15) is 26.3 Å². The molecule has 2 aromatic rings. The van der Waals surface area contributed by atoms with Crippen LogP contribution in [0.3, 0.4) is 0 Å². The molecule has 0 amide bonds. The van der Waals surface area contributed by atoms with Gasteiger partial charge in [0.15, 0.2) is 0 Å². The second-order valence-corrected chi connectivity index (χ2v) is 5.41. The molecule has 4 nitrogen and oxygen atoms in total. The van der Waals surface area contributed by atoms with Gasteiger partial charge in [-0.3, -0.25) is 0 Å². The van der Waals surface area contributed by atoms with Crippen LogP contribution in [0.15, 0.2) is 40.1 Å². The Labute approximate surface area is 132 Å². The molecule has 0 aromatic heterocycles. The summed E-state index contributed by atoms with van der Waals surface area (Å²) in [6, 6.07) is 7.72. The van der Waals surface area contributed by atoms with E-state index >= 15 is 0 Å². The highest BCUT2D eigenvalue weighted by atomic mass is 32.1. The van der Waals surface area contributed by atoms with Crippen LogP contribution in [0.25, 0.3) is 11.1 Å². The molecular weight excluding hydrogens is 308 g/mol. The minimum atomic E-state index is -1.03. The summed E-state index contributed by atoms with van der Waals surface area (Å²) in [4.78, 5) is 23.1. The van der Waals surface area contributed by atoms with Crippen LogP contribution in [0.2, 0.25) is 0 Å². The van der Waals surface area contributed by atoms with Gasteiger partial charge in [0, 0.05) is 9.79 Å². The van der Waals surface area contributed by atoms with Gasteiger partial charge in [-0.1, -0.05) is 12.1 Å². The predicted octanol–water partition coefficient (Wildman–Crippen LogP) is 3.64. The number of carbonyl (C=O) groups is 2. The molecular formula is C15H12O4S2. The smallest absolute Gasteiger partial charge is 0.335 e. The first-order chi connectivity index (χ1) is 9.82. The molecule has 21 heavy (non-hydrogen) atoms. The van der Waals surface area contributed by atoms with Crippen molar-refractivity contribution in [1.82, 2.24) is 0 Å². The highest BCUT2D eigenvalue weighted by Gasteiger charge is 2.15. The largest absolute Gasteiger partial charge is 0.478 e. The van der Waals surface area contributed by atoms with Crippen LogP contribution < -0.4 is 0 Å². The zero-order chi connectivity index (χ0) is 15.7. The maximum absolute atomic E-state index is 11.1. The lowest BCUT2D eigenvalue weighted by Crippen LogP contribution is -2.01. The summed E-state index contributed by atoms with van der Waals surface area (Å²) in [5.41, 5.74) is 2.30. The maximum atomic E-state index is 11.1. The van der Waals surface area contributed by atoms with Crippen molar-refractivity contribution < 1.29 is 19.8 Å². The average molecular weight is 320 g/mol. The van der Waals surface area contributed by atoms with Gasteiger partial charge < -0.3 is 10.2 Å². The Morgan fingerprint density at radius 1 is 0.952 bits per heavy atom. The standard InChI is InChI=1S/C15H12O4S2/c1-7-9(15(18)19)4-5-11(13(7)21)10-3-2-8(14(16)17)6-12(10)20/h2-6,20-21H,1H3,(H,16,17)(H,18,19). The van der Waals surface area contributed by atoms with Gasteiger partial charge >= 0.3 is 11.9 Å². The Hall–Kier alpha value is -1.92. The SMILES string of the molecule is Cc1c(C(=O)O)ccc(-c2ccc(C(=O)O)cc2S)c1S. The van der Waals surface area contributed by atoms with E-state index in [1.165, 1.54) is 18.2 Å². The molecule has 0 heterocycles. The Morgan fingerprint density at radius 2 is 1.57 bits per heavy atom. The second kappa shape index (κ2) is 5.83. The van der Waals surface area contributed by atoms with Crippen molar-refractivity contribution >= 4 is 37.2 Å². The molecule has 6 heteroatoms. The minimum Gasteiger partial charge on any atom is -0.478 e. The van der Waals surface area contributed by atoms with Crippen LogP contribution in [-0.4, -0.2) is 22.2 Å². The third kappa shape index (κ3) is 2.91. The molecule has 0 saturated carbocycles. The first-order valence-electron chi connectivity index (χ1n) is 5.95. The molecule has 0 aliphatic rings. The molecule has 2 rings (SSSR count). The molecule has 0 unspecified atom stereocenters. The van der Waals surface area contributed by atoms with E-state index in [2.05, 4.69) is 25.3 Å². The molecule has 0 aliphatic carbocycles. The molecule has 0 fully saturated rings. The third-order valence-electron chi connectivity index (χ3n) is 3.20. The number of carboxylic acid groups (broad SMARTS) is 2. The normalized spacial score (nSPS) is 10.4. The molecule has 0 saturated heterocycles. The van der Waals surface area contributed by atoms with E-state index in [0.29, 0.717) is 26.5 Å². The minimum absolute atomic E-state index is 0.142. The summed E-state index contributed by atoms with van der Waals surface area (Å²) in [6.45, 7) is 1.68. The number of benzene rings is 2. The number of aromatic carboxylic acids is 2. The molecule has 0 aliphatic heterocycles. The van der Waals surface area contributed by atoms with E-state index in [0.717, 1.165) is 0 Å². The fourth-order valence-electron chi connectivity index (χ4n) is 2.04. The highest BCUT2D eigenvalue weighted by molar-refractivity contribution is 7.80. The lowest BCUT2D eigenvalue weighted by Gasteiger charge is -2.13. The highest BCUT2D eigenvalue weighted by Crippen LogP contribution is 2.35. The number of rotatable bonds is 3. The molecule has 0 spiro atoms. The van der Waals surface area contributed by atoms with Crippen molar-refractivity contribution in [1.29, 1.82) is 0 Å². The Balaban J connectivity index is 2.60. The van der Waals surface area contributed by atoms with Gasteiger partial charge in [0.2, 0.25) is 0 Å². The zero-order valence-corrected chi connectivity index (χ0v) is 12.8. The van der Waals surface area contributed by atoms with E-state index < -0.39 is 11.9 Å². The van der Waals surface area contributed by atoms with Crippen molar-refractivity contribution in [3.63, 3.8) is 0 Å².